The number of quaternary nitrogens is 1. The molecule has 0 aliphatic rings. The maximum absolute atomic E-state index is 12.1. The molecule has 0 amide bonds. The zero-order chi connectivity index (χ0) is 22.4. The van der Waals surface area contributed by atoms with E-state index in [2.05, 4.69) is 6.58 Å². The number of nitrogens with zero attached hydrogens (tertiary/aromatic N) is 1. The Morgan fingerprint density at radius 3 is 1.38 bits per heavy atom. The molecular formula is C22H40NO6+. The molecule has 0 radical (unpaired) electrons. The molecule has 0 aromatic carbocycles. The van der Waals surface area contributed by atoms with Crippen LogP contribution in [0.1, 0.15) is 85.0 Å². The third-order valence-electron chi connectivity index (χ3n) is 5.96. The van der Waals surface area contributed by atoms with Crippen molar-refractivity contribution < 1.29 is 34.2 Å². The molecule has 0 bridgehead atoms. The monoisotopic (exact) mass is 414 g/mol. The second kappa shape index (κ2) is 14.1. The van der Waals surface area contributed by atoms with E-state index in [4.69, 9.17) is 0 Å². The van der Waals surface area contributed by atoms with E-state index < -0.39 is 40.5 Å². The van der Waals surface area contributed by atoms with Gasteiger partial charge in [-0.25, -0.2) is 14.4 Å². The smallest absolute Gasteiger partial charge is 0.362 e. The summed E-state index contributed by atoms with van der Waals surface area (Å²) in [4.78, 5) is 36.3. The highest BCUT2D eigenvalue weighted by atomic mass is 16.4. The lowest BCUT2D eigenvalue weighted by Gasteiger charge is -2.49. The second-order valence-corrected chi connectivity index (χ2v) is 7.70. The number of aliphatic carboxylic acids is 3. The van der Waals surface area contributed by atoms with E-state index in [1.165, 1.54) is 0 Å². The quantitative estimate of drug-likeness (QED) is 0.175. The van der Waals surface area contributed by atoms with Crippen molar-refractivity contribution in [3.8, 4) is 0 Å². The van der Waals surface area contributed by atoms with E-state index in [-0.39, 0.29) is 25.8 Å². The van der Waals surface area contributed by atoms with Crippen LogP contribution in [0.4, 0.5) is 0 Å². The van der Waals surface area contributed by atoms with E-state index in [1.54, 1.807) is 20.8 Å². The highest BCUT2D eigenvalue weighted by Crippen LogP contribution is 2.32. The SMILES string of the molecule is C=CCCCCCCCC[N+](C(CC)C(=O)O)(C(CC)C(=O)O)C(CC)C(=O)O. The van der Waals surface area contributed by atoms with Gasteiger partial charge in [-0.15, -0.1) is 6.58 Å². The minimum absolute atomic E-state index is 0.185. The molecule has 3 atom stereocenters. The number of hydrogen-bond donors (Lipinski definition) is 3. The Morgan fingerprint density at radius 1 is 0.724 bits per heavy atom. The van der Waals surface area contributed by atoms with Crippen LogP contribution in [0.3, 0.4) is 0 Å². The maximum Gasteiger partial charge on any atom is 0.362 e. The van der Waals surface area contributed by atoms with Gasteiger partial charge in [-0.2, -0.15) is 0 Å². The highest BCUT2D eigenvalue weighted by molar-refractivity contribution is 5.78. The Hall–Kier alpha value is -1.89. The number of hydrogen-bond acceptors (Lipinski definition) is 3. The Balaban J connectivity index is 5.73. The number of carboxylic acids is 3. The number of unbranched alkanes of at least 4 members (excludes halogenated alkanes) is 6. The van der Waals surface area contributed by atoms with Crippen LogP contribution in [0.5, 0.6) is 0 Å². The fourth-order valence-corrected chi connectivity index (χ4v) is 4.66. The number of carbonyl (C=O) groups is 3. The molecular weight excluding hydrogens is 374 g/mol. The van der Waals surface area contributed by atoms with Gasteiger partial charge in [-0.3, -0.25) is 4.48 Å². The van der Waals surface area contributed by atoms with Crippen LogP contribution < -0.4 is 0 Å². The van der Waals surface area contributed by atoms with Crippen molar-refractivity contribution in [2.75, 3.05) is 6.54 Å². The molecule has 3 unspecified atom stereocenters. The van der Waals surface area contributed by atoms with Crippen LogP contribution in [-0.4, -0.2) is 62.4 Å². The standard InChI is InChI=1S/C22H39NO6/c1-5-9-10-11-12-13-14-15-16-23(17(6-2)20(24)25,18(7-3)21(26)27)19(8-4)22(28)29/h5,17-19H,1,6-16H2,2-4H3,(H2-,24,25,26,27,28,29)/p+1. The first-order valence-electron chi connectivity index (χ1n) is 10.9. The summed E-state index contributed by atoms with van der Waals surface area (Å²) in [6, 6.07) is -3.20. The summed E-state index contributed by atoms with van der Waals surface area (Å²) in [6.45, 7) is 9.02. The molecule has 7 heteroatoms. The van der Waals surface area contributed by atoms with E-state index in [9.17, 15) is 29.7 Å². The fraction of sp³-hybridized carbons (Fsp3) is 0.773. The average molecular weight is 415 g/mol. The molecule has 3 N–H and O–H groups in total. The van der Waals surface area contributed by atoms with E-state index in [0.717, 1.165) is 38.5 Å². The van der Waals surface area contributed by atoms with Gasteiger partial charge in [-0.05, 0) is 25.7 Å². The third-order valence-corrected chi connectivity index (χ3v) is 5.96. The zero-order valence-electron chi connectivity index (χ0n) is 18.3. The molecule has 0 spiro atoms. The van der Waals surface area contributed by atoms with Gasteiger partial charge in [0.15, 0.2) is 18.1 Å². The second-order valence-electron chi connectivity index (χ2n) is 7.70. The number of carboxylic acid groups (broad SMARTS) is 3. The minimum Gasteiger partial charge on any atom is -0.477 e. The molecule has 0 saturated heterocycles. The van der Waals surface area contributed by atoms with Gasteiger partial charge in [0.05, 0.1) is 6.54 Å². The Kier molecular flexibility index (Phi) is 13.2. The van der Waals surface area contributed by atoms with Crippen molar-refractivity contribution in [3.05, 3.63) is 12.7 Å². The molecule has 0 aromatic heterocycles. The highest BCUT2D eigenvalue weighted by Gasteiger charge is 2.55. The number of allylic oxidation sites excluding steroid dienone is 1. The summed E-state index contributed by atoms with van der Waals surface area (Å²) < 4.78 is -0.417. The van der Waals surface area contributed by atoms with E-state index >= 15 is 0 Å². The average Bonchev–Trinajstić information content (AvgIpc) is 2.64. The normalized spacial score (nSPS) is 16.4. The fourth-order valence-electron chi connectivity index (χ4n) is 4.66. The first kappa shape index (κ1) is 27.1. The van der Waals surface area contributed by atoms with Gasteiger partial charge in [0.2, 0.25) is 0 Å². The largest absolute Gasteiger partial charge is 0.477 e. The van der Waals surface area contributed by atoms with Crippen LogP contribution in [0.25, 0.3) is 0 Å². The molecule has 7 nitrogen and oxygen atoms in total. The van der Waals surface area contributed by atoms with Gasteiger partial charge >= 0.3 is 17.9 Å². The summed E-state index contributed by atoms with van der Waals surface area (Å²) >= 11 is 0. The molecule has 0 fully saturated rings. The predicted octanol–water partition coefficient (Wildman–Crippen LogP) is 4.31. The van der Waals surface area contributed by atoms with Gasteiger partial charge in [0.25, 0.3) is 0 Å². The van der Waals surface area contributed by atoms with Gasteiger partial charge in [-0.1, -0.05) is 46.1 Å². The minimum atomic E-state index is -1.13. The van der Waals surface area contributed by atoms with E-state index in [0.29, 0.717) is 6.42 Å². The van der Waals surface area contributed by atoms with Crippen molar-refractivity contribution in [3.63, 3.8) is 0 Å². The topological polar surface area (TPSA) is 112 Å². The molecule has 0 rings (SSSR count). The molecule has 0 heterocycles. The molecule has 0 aliphatic carbocycles. The molecule has 29 heavy (non-hydrogen) atoms. The van der Waals surface area contributed by atoms with Crippen molar-refractivity contribution in [1.29, 1.82) is 0 Å². The maximum atomic E-state index is 12.1. The van der Waals surface area contributed by atoms with E-state index in [1.807, 2.05) is 6.08 Å². The van der Waals surface area contributed by atoms with Gasteiger partial charge in [0, 0.05) is 19.3 Å². The van der Waals surface area contributed by atoms with Crippen molar-refractivity contribution in [1.82, 2.24) is 0 Å². The lowest BCUT2D eigenvalue weighted by Crippen LogP contribution is -2.72. The van der Waals surface area contributed by atoms with Crippen molar-refractivity contribution in [2.45, 2.75) is 103 Å². The summed E-state index contributed by atoms with van der Waals surface area (Å²) in [6.07, 6.45) is 9.09. The molecule has 0 saturated carbocycles. The summed E-state index contributed by atoms with van der Waals surface area (Å²) in [5.74, 6) is -3.39. The van der Waals surface area contributed by atoms with Crippen LogP contribution in [0.2, 0.25) is 0 Å². The lowest BCUT2D eigenvalue weighted by atomic mass is 9.93. The Labute approximate surface area is 175 Å². The predicted molar refractivity (Wildman–Crippen MR) is 113 cm³/mol. The van der Waals surface area contributed by atoms with Crippen molar-refractivity contribution in [2.24, 2.45) is 0 Å². The first-order valence-corrected chi connectivity index (χ1v) is 10.9. The van der Waals surface area contributed by atoms with Crippen molar-refractivity contribution >= 4 is 17.9 Å². The summed E-state index contributed by atoms with van der Waals surface area (Å²) in [5.41, 5.74) is 0. The van der Waals surface area contributed by atoms with Crippen LogP contribution in [-0.2, 0) is 14.4 Å². The van der Waals surface area contributed by atoms with Crippen LogP contribution in [0.15, 0.2) is 12.7 Å². The number of rotatable bonds is 18. The first-order chi connectivity index (χ1) is 13.7. The Morgan fingerprint density at radius 2 is 1.07 bits per heavy atom. The Bertz CT molecular complexity index is 478. The summed E-state index contributed by atoms with van der Waals surface area (Å²) in [5, 5.41) is 29.6. The summed E-state index contributed by atoms with van der Waals surface area (Å²) in [7, 11) is 0. The molecule has 0 aromatic rings. The van der Waals surface area contributed by atoms with Crippen LogP contribution in [0, 0.1) is 0 Å². The molecule has 0 aliphatic heterocycles. The van der Waals surface area contributed by atoms with Gasteiger partial charge < -0.3 is 15.3 Å². The zero-order valence-corrected chi connectivity index (χ0v) is 18.3. The molecule has 168 valence electrons. The lowest BCUT2D eigenvalue weighted by molar-refractivity contribution is -0.973. The third kappa shape index (κ3) is 7.46. The van der Waals surface area contributed by atoms with Crippen LogP contribution >= 0.6 is 0 Å². The van der Waals surface area contributed by atoms with Gasteiger partial charge in [0.1, 0.15) is 0 Å².